The van der Waals surface area contributed by atoms with Crippen LogP contribution in [-0.4, -0.2) is 41.3 Å². The summed E-state index contributed by atoms with van der Waals surface area (Å²) in [4.78, 5) is 51.1. The highest BCUT2D eigenvalue weighted by Gasteiger charge is 2.48. The summed E-state index contributed by atoms with van der Waals surface area (Å²) in [5, 5.41) is 5.06. The van der Waals surface area contributed by atoms with Crippen molar-refractivity contribution in [2.24, 2.45) is 10.5 Å². The van der Waals surface area contributed by atoms with E-state index >= 15 is 0 Å². The SMILES string of the molecule is COC(=O)C1=C(C(=O)C(C)(C)C)C(=O)C(=O)N1N=C(c1ccccc1)c1ccccc1. The zero-order chi connectivity index (χ0) is 22.8. The van der Waals surface area contributed by atoms with Crippen molar-refractivity contribution in [2.45, 2.75) is 20.8 Å². The van der Waals surface area contributed by atoms with Gasteiger partial charge in [-0.1, -0.05) is 81.4 Å². The fourth-order valence-electron chi connectivity index (χ4n) is 3.06. The third-order valence-electron chi connectivity index (χ3n) is 4.64. The molecule has 0 saturated heterocycles. The van der Waals surface area contributed by atoms with Crippen LogP contribution in [0.3, 0.4) is 0 Å². The number of hydrazone groups is 1. The lowest BCUT2D eigenvalue weighted by atomic mass is 9.84. The van der Waals surface area contributed by atoms with E-state index in [0.717, 1.165) is 7.11 Å². The van der Waals surface area contributed by atoms with Crippen molar-refractivity contribution in [3.63, 3.8) is 0 Å². The number of nitrogens with zero attached hydrogens (tertiary/aromatic N) is 2. The van der Waals surface area contributed by atoms with Crippen molar-refractivity contribution in [2.75, 3.05) is 7.11 Å². The number of carbonyl (C=O) groups is 4. The molecule has 0 atom stereocenters. The molecule has 1 amide bonds. The summed E-state index contributed by atoms with van der Waals surface area (Å²) in [5.41, 5.74) is -0.294. The minimum Gasteiger partial charge on any atom is -0.464 e. The first-order valence-electron chi connectivity index (χ1n) is 9.62. The monoisotopic (exact) mass is 418 g/mol. The van der Waals surface area contributed by atoms with Gasteiger partial charge in [0.25, 0.3) is 5.78 Å². The lowest BCUT2D eigenvalue weighted by Crippen LogP contribution is -2.29. The molecule has 0 unspecified atom stereocenters. The van der Waals surface area contributed by atoms with Gasteiger partial charge >= 0.3 is 11.9 Å². The van der Waals surface area contributed by atoms with E-state index in [-0.39, 0.29) is 0 Å². The first-order chi connectivity index (χ1) is 14.7. The summed E-state index contributed by atoms with van der Waals surface area (Å²) in [6, 6.07) is 18.0. The lowest BCUT2D eigenvalue weighted by Gasteiger charge is -2.18. The molecule has 0 aliphatic carbocycles. The van der Waals surface area contributed by atoms with E-state index in [2.05, 4.69) is 5.10 Å². The number of rotatable bonds is 5. The molecule has 1 aliphatic rings. The second kappa shape index (κ2) is 8.47. The average Bonchev–Trinajstić information content (AvgIpc) is 3.01. The molecule has 1 heterocycles. The number of Topliss-reactive ketones (excluding diaryl/α,β-unsaturated/α-hetero) is 2. The van der Waals surface area contributed by atoms with Gasteiger partial charge in [-0.3, -0.25) is 14.4 Å². The highest BCUT2D eigenvalue weighted by Crippen LogP contribution is 2.31. The van der Waals surface area contributed by atoms with E-state index in [0.29, 0.717) is 21.8 Å². The number of hydrogen-bond donors (Lipinski definition) is 0. The predicted octanol–water partition coefficient (Wildman–Crippen LogP) is 2.89. The number of ether oxygens (including phenoxy) is 1. The van der Waals surface area contributed by atoms with Crippen molar-refractivity contribution in [3.05, 3.63) is 83.1 Å². The third-order valence-corrected chi connectivity index (χ3v) is 4.64. The molecule has 7 heteroatoms. The van der Waals surface area contributed by atoms with Gasteiger partial charge in [0.1, 0.15) is 5.57 Å². The lowest BCUT2D eigenvalue weighted by molar-refractivity contribution is -0.143. The summed E-state index contributed by atoms with van der Waals surface area (Å²) < 4.78 is 4.78. The molecular weight excluding hydrogens is 396 g/mol. The Hall–Kier alpha value is -3.87. The van der Waals surface area contributed by atoms with Crippen molar-refractivity contribution < 1.29 is 23.9 Å². The number of benzene rings is 2. The molecule has 7 nitrogen and oxygen atoms in total. The number of hydrogen-bond acceptors (Lipinski definition) is 6. The molecule has 0 aromatic heterocycles. The highest BCUT2D eigenvalue weighted by molar-refractivity contribution is 6.53. The van der Waals surface area contributed by atoms with Crippen LogP contribution in [0.1, 0.15) is 31.9 Å². The smallest absolute Gasteiger partial charge is 0.357 e. The standard InChI is InChI=1S/C24H22N2O5/c1-24(2,3)21(28)17-19(23(30)31-4)26(22(29)20(17)27)25-18(15-11-7-5-8-12-15)16-13-9-6-10-14-16/h5-14H,1-4H3. The summed E-state index contributed by atoms with van der Waals surface area (Å²) >= 11 is 0. The van der Waals surface area contributed by atoms with Gasteiger partial charge in [0.2, 0.25) is 0 Å². The van der Waals surface area contributed by atoms with Gasteiger partial charge in [-0.15, -0.1) is 0 Å². The van der Waals surface area contributed by atoms with Crippen LogP contribution in [0, 0.1) is 5.41 Å². The molecule has 2 aromatic carbocycles. The molecule has 158 valence electrons. The van der Waals surface area contributed by atoms with Crippen LogP contribution < -0.4 is 0 Å². The Balaban J connectivity index is 2.26. The Morgan fingerprint density at radius 1 is 0.871 bits per heavy atom. The van der Waals surface area contributed by atoms with Crippen molar-refractivity contribution in [1.29, 1.82) is 0 Å². The zero-order valence-corrected chi connectivity index (χ0v) is 17.7. The maximum atomic E-state index is 12.9. The molecule has 0 fully saturated rings. The minimum atomic E-state index is -1.09. The van der Waals surface area contributed by atoms with E-state index in [9.17, 15) is 19.2 Å². The Kier molecular flexibility index (Phi) is 5.97. The molecule has 0 N–H and O–H groups in total. The molecule has 31 heavy (non-hydrogen) atoms. The topological polar surface area (TPSA) is 93.1 Å². The zero-order valence-electron chi connectivity index (χ0n) is 17.7. The van der Waals surface area contributed by atoms with Gasteiger partial charge in [-0.25, -0.2) is 4.79 Å². The van der Waals surface area contributed by atoms with Gasteiger partial charge in [0, 0.05) is 16.5 Å². The number of methoxy groups -OCH3 is 1. The third kappa shape index (κ3) is 4.21. The first-order valence-corrected chi connectivity index (χ1v) is 9.62. The summed E-state index contributed by atoms with van der Waals surface area (Å²) in [6.07, 6.45) is 0. The van der Waals surface area contributed by atoms with Gasteiger partial charge in [0.15, 0.2) is 11.5 Å². The van der Waals surface area contributed by atoms with Crippen LogP contribution in [0.4, 0.5) is 0 Å². The second-order valence-corrected chi connectivity index (χ2v) is 7.92. The van der Waals surface area contributed by atoms with Crippen LogP contribution in [0.15, 0.2) is 77.0 Å². The predicted molar refractivity (Wildman–Crippen MR) is 114 cm³/mol. The molecule has 0 radical (unpaired) electrons. The number of ketones is 2. The molecule has 0 bridgehead atoms. The Morgan fingerprint density at radius 3 is 1.77 bits per heavy atom. The van der Waals surface area contributed by atoms with E-state index in [4.69, 9.17) is 4.74 Å². The second-order valence-electron chi connectivity index (χ2n) is 7.92. The molecule has 3 rings (SSSR count). The van der Waals surface area contributed by atoms with Crippen LogP contribution in [0.25, 0.3) is 0 Å². The normalized spacial score (nSPS) is 14.0. The van der Waals surface area contributed by atoms with Gasteiger partial charge in [-0.2, -0.15) is 10.1 Å². The van der Waals surface area contributed by atoms with Crippen LogP contribution in [0.2, 0.25) is 0 Å². The Labute approximate surface area is 180 Å². The van der Waals surface area contributed by atoms with E-state index < -0.39 is 40.1 Å². The maximum Gasteiger partial charge on any atom is 0.357 e. The molecule has 1 aliphatic heterocycles. The van der Waals surface area contributed by atoms with Crippen LogP contribution in [-0.2, 0) is 23.9 Å². The molecule has 2 aromatic rings. The van der Waals surface area contributed by atoms with Crippen LogP contribution in [0.5, 0.6) is 0 Å². The molecule has 0 spiro atoms. The summed E-state index contributed by atoms with van der Waals surface area (Å²) in [5.74, 6) is -3.79. The van der Waals surface area contributed by atoms with Gasteiger partial charge < -0.3 is 4.74 Å². The average molecular weight is 418 g/mol. The van der Waals surface area contributed by atoms with E-state index in [1.807, 2.05) is 12.1 Å². The summed E-state index contributed by atoms with van der Waals surface area (Å²) in [6.45, 7) is 4.79. The number of esters is 1. The molecular formula is C24H22N2O5. The van der Waals surface area contributed by atoms with Crippen molar-refractivity contribution in [3.8, 4) is 0 Å². The van der Waals surface area contributed by atoms with Gasteiger partial charge in [0.05, 0.1) is 12.8 Å². The summed E-state index contributed by atoms with van der Waals surface area (Å²) in [7, 11) is 1.11. The van der Waals surface area contributed by atoms with Crippen LogP contribution >= 0.6 is 0 Å². The largest absolute Gasteiger partial charge is 0.464 e. The fourth-order valence-corrected chi connectivity index (χ4v) is 3.06. The first kappa shape index (κ1) is 21.8. The number of amides is 1. The van der Waals surface area contributed by atoms with Crippen molar-refractivity contribution in [1.82, 2.24) is 5.01 Å². The van der Waals surface area contributed by atoms with E-state index in [1.54, 1.807) is 69.3 Å². The Bertz CT molecular complexity index is 1070. The Morgan fingerprint density at radius 2 is 1.35 bits per heavy atom. The van der Waals surface area contributed by atoms with Gasteiger partial charge in [-0.05, 0) is 0 Å². The quantitative estimate of drug-likeness (QED) is 0.322. The van der Waals surface area contributed by atoms with Crippen molar-refractivity contribution >= 4 is 29.2 Å². The van der Waals surface area contributed by atoms with E-state index in [1.165, 1.54) is 0 Å². The fraction of sp³-hybridized carbons (Fsp3) is 0.208. The highest BCUT2D eigenvalue weighted by atomic mass is 16.5. The molecule has 0 saturated carbocycles. The maximum absolute atomic E-state index is 12.9. The number of carbonyl (C=O) groups excluding carboxylic acids is 4. The minimum absolute atomic E-state index is 0.355.